The minimum absolute atomic E-state index is 0.114. The summed E-state index contributed by atoms with van der Waals surface area (Å²) in [5.74, 6) is 0.133. The van der Waals surface area contributed by atoms with Crippen LogP contribution in [0.2, 0.25) is 0 Å². The predicted octanol–water partition coefficient (Wildman–Crippen LogP) is 3.22. The van der Waals surface area contributed by atoms with E-state index >= 15 is 0 Å². The molecule has 3 aliphatic rings. The second-order valence-electron chi connectivity index (χ2n) is 8.23. The standard InChI is InChI=1S/C21H30FN3O2/c22-18-7-3-6-17(14-18)19(16-4-1-2-5-16)24-20(26)23-15-21(8-9-21)25-10-12-27-13-11-25/h3,6-7,14,16,19H,1-2,4-5,8-13,15H2,(H2,23,24,26). The van der Waals surface area contributed by atoms with Crippen LogP contribution in [0.15, 0.2) is 24.3 Å². The van der Waals surface area contributed by atoms with E-state index in [1.165, 1.54) is 18.9 Å². The van der Waals surface area contributed by atoms with Gasteiger partial charge in [-0.05, 0) is 49.3 Å². The van der Waals surface area contributed by atoms with Crippen LogP contribution in [0.4, 0.5) is 9.18 Å². The van der Waals surface area contributed by atoms with Crippen molar-refractivity contribution in [2.24, 2.45) is 5.92 Å². The number of carbonyl (C=O) groups is 1. The van der Waals surface area contributed by atoms with Gasteiger partial charge in [-0.15, -0.1) is 0 Å². The van der Waals surface area contributed by atoms with Gasteiger partial charge in [0.05, 0.1) is 19.3 Å². The molecule has 1 atom stereocenters. The molecule has 2 amide bonds. The van der Waals surface area contributed by atoms with Crippen molar-refractivity contribution < 1.29 is 13.9 Å². The van der Waals surface area contributed by atoms with E-state index in [2.05, 4.69) is 15.5 Å². The maximum atomic E-state index is 13.7. The van der Waals surface area contributed by atoms with Crippen molar-refractivity contribution in [2.75, 3.05) is 32.8 Å². The van der Waals surface area contributed by atoms with E-state index in [0.29, 0.717) is 12.5 Å². The summed E-state index contributed by atoms with van der Waals surface area (Å²) < 4.78 is 19.2. The van der Waals surface area contributed by atoms with Gasteiger partial charge >= 0.3 is 6.03 Å². The van der Waals surface area contributed by atoms with Gasteiger partial charge in [0.2, 0.25) is 0 Å². The number of carbonyl (C=O) groups excluding carboxylic acids is 1. The number of rotatable bonds is 6. The molecule has 1 saturated heterocycles. The van der Waals surface area contributed by atoms with Crippen LogP contribution in [0, 0.1) is 11.7 Å². The van der Waals surface area contributed by atoms with Gasteiger partial charge in [0.1, 0.15) is 5.82 Å². The average molecular weight is 375 g/mol. The van der Waals surface area contributed by atoms with Crippen molar-refractivity contribution in [1.29, 1.82) is 0 Å². The zero-order valence-electron chi connectivity index (χ0n) is 15.9. The van der Waals surface area contributed by atoms with E-state index in [-0.39, 0.29) is 23.4 Å². The van der Waals surface area contributed by atoms with Crippen LogP contribution in [0.25, 0.3) is 0 Å². The highest BCUT2D eigenvalue weighted by Gasteiger charge is 2.48. The quantitative estimate of drug-likeness (QED) is 0.803. The van der Waals surface area contributed by atoms with Gasteiger partial charge in [0, 0.05) is 25.2 Å². The van der Waals surface area contributed by atoms with Crippen molar-refractivity contribution >= 4 is 6.03 Å². The molecule has 1 aromatic rings. The van der Waals surface area contributed by atoms with Gasteiger partial charge in [-0.25, -0.2) is 9.18 Å². The van der Waals surface area contributed by atoms with E-state index in [1.807, 2.05) is 6.07 Å². The van der Waals surface area contributed by atoms with Crippen LogP contribution in [-0.4, -0.2) is 49.3 Å². The Morgan fingerprint density at radius 3 is 2.67 bits per heavy atom. The van der Waals surface area contributed by atoms with Crippen molar-refractivity contribution in [3.8, 4) is 0 Å². The summed E-state index contributed by atoms with van der Waals surface area (Å²) in [5.41, 5.74) is 0.981. The zero-order valence-corrected chi connectivity index (χ0v) is 15.9. The van der Waals surface area contributed by atoms with Gasteiger partial charge in [-0.3, -0.25) is 4.90 Å². The lowest BCUT2D eigenvalue weighted by Gasteiger charge is -2.35. The fraction of sp³-hybridized carbons (Fsp3) is 0.667. The lowest BCUT2D eigenvalue weighted by atomic mass is 9.91. The Morgan fingerprint density at radius 2 is 2.00 bits per heavy atom. The molecule has 0 radical (unpaired) electrons. The molecular weight excluding hydrogens is 345 g/mol. The van der Waals surface area contributed by atoms with Crippen molar-refractivity contribution in [2.45, 2.75) is 50.1 Å². The highest BCUT2D eigenvalue weighted by molar-refractivity contribution is 5.74. The summed E-state index contributed by atoms with van der Waals surface area (Å²) in [6.45, 7) is 4.10. The second-order valence-corrected chi connectivity index (χ2v) is 8.23. The maximum Gasteiger partial charge on any atom is 0.315 e. The molecule has 2 N–H and O–H groups in total. The van der Waals surface area contributed by atoms with Gasteiger partial charge in [-0.1, -0.05) is 25.0 Å². The van der Waals surface area contributed by atoms with Gasteiger partial charge in [0.15, 0.2) is 0 Å². The molecule has 6 heteroatoms. The first-order valence-corrected chi connectivity index (χ1v) is 10.3. The molecule has 4 rings (SSSR count). The van der Waals surface area contributed by atoms with Crippen molar-refractivity contribution in [3.05, 3.63) is 35.6 Å². The van der Waals surface area contributed by atoms with Gasteiger partial charge in [0.25, 0.3) is 0 Å². The zero-order chi connectivity index (χ0) is 18.7. The SMILES string of the molecule is O=C(NCC1(N2CCOCC2)CC1)NC(c1cccc(F)c1)C1CCCC1. The number of hydrogen-bond acceptors (Lipinski definition) is 3. The molecule has 0 bridgehead atoms. The first-order valence-electron chi connectivity index (χ1n) is 10.3. The number of nitrogens with one attached hydrogen (secondary N) is 2. The monoisotopic (exact) mass is 375 g/mol. The highest BCUT2D eigenvalue weighted by atomic mass is 19.1. The Balaban J connectivity index is 1.37. The fourth-order valence-corrected chi connectivity index (χ4v) is 4.69. The number of nitrogens with zero attached hydrogens (tertiary/aromatic N) is 1. The third-order valence-electron chi connectivity index (χ3n) is 6.45. The van der Waals surface area contributed by atoms with Crippen LogP contribution >= 0.6 is 0 Å². The summed E-state index contributed by atoms with van der Waals surface area (Å²) >= 11 is 0. The van der Waals surface area contributed by atoms with Crippen molar-refractivity contribution in [3.63, 3.8) is 0 Å². The van der Waals surface area contributed by atoms with Crippen LogP contribution < -0.4 is 10.6 Å². The highest BCUT2D eigenvalue weighted by Crippen LogP contribution is 2.41. The molecule has 5 nitrogen and oxygen atoms in total. The molecule has 0 aromatic heterocycles. The summed E-state index contributed by atoms with van der Waals surface area (Å²) in [6.07, 6.45) is 6.78. The lowest BCUT2D eigenvalue weighted by molar-refractivity contribution is 0.0102. The number of halogens is 1. The summed E-state index contributed by atoms with van der Waals surface area (Å²) in [5, 5.41) is 6.24. The Morgan fingerprint density at radius 1 is 1.26 bits per heavy atom. The third-order valence-corrected chi connectivity index (χ3v) is 6.45. The minimum Gasteiger partial charge on any atom is -0.379 e. The number of amides is 2. The molecule has 0 spiro atoms. The van der Waals surface area contributed by atoms with E-state index in [1.54, 1.807) is 12.1 Å². The Kier molecular flexibility index (Phi) is 5.64. The van der Waals surface area contributed by atoms with Gasteiger partial charge < -0.3 is 15.4 Å². The number of urea groups is 1. The Bertz CT molecular complexity index is 653. The molecule has 1 aliphatic heterocycles. The third kappa shape index (κ3) is 4.43. The van der Waals surface area contributed by atoms with E-state index in [0.717, 1.165) is 57.6 Å². The number of ether oxygens (including phenoxy) is 1. The van der Waals surface area contributed by atoms with Gasteiger partial charge in [-0.2, -0.15) is 0 Å². The molecular formula is C21H30FN3O2. The number of benzene rings is 1. The largest absolute Gasteiger partial charge is 0.379 e. The van der Waals surface area contributed by atoms with E-state index < -0.39 is 0 Å². The second kappa shape index (κ2) is 8.15. The average Bonchev–Trinajstić information content (AvgIpc) is 3.30. The minimum atomic E-state index is -0.248. The molecule has 2 saturated carbocycles. The molecule has 1 unspecified atom stereocenters. The number of hydrogen-bond donors (Lipinski definition) is 2. The topological polar surface area (TPSA) is 53.6 Å². The first kappa shape index (κ1) is 18.7. The van der Waals surface area contributed by atoms with E-state index in [4.69, 9.17) is 4.74 Å². The van der Waals surface area contributed by atoms with Crippen LogP contribution in [0.1, 0.15) is 50.1 Å². The lowest BCUT2D eigenvalue weighted by Crippen LogP contribution is -2.52. The van der Waals surface area contributed by atoms with Crippen LogP contribution in [-0.2, 0) is 4.74 Å². The smallest absolute Gasteiger partial charge is 0.315 e. The normalized spacial score (nSPS) is 23.7. The maximum absolute atomic E-state index is 13.7. The summed E-state index contributed by atoms with van der Waals surface area (Å²) in [6, 6.07) is 6.39. The molecule has 3 fully saturated rings. The fourth-order valence-electron chi connectivity index (χ4n) is 4.69. The van der Waals surface area contributed by atoms with Crippen molar-refractivity contribution in [1.82, 2.24) is 15.5 Å². The Hall–Kier alpha value is -1.66. The summed E-state index contributed by atoms with van der Waals surface area (Å²) in [7, 11) is 0. The molecule has 1 aromatic carbocycles. The Labute approximate surface area is 160 Å². The molecule has 27 heavy (non-hydrogen) atoms. The predicted molar refractivity (Wildman–Crippen MR) is 102 cm³/mol. The molecule has 2 aliphatic carbocycles. The van der Waals surface area contributed by atoms with Crippen LogP contribution in [0.5, 0.6) is 0 Å². The first-order chi connectivity index (χ1) is 13.2. The summed E-state index contributed by atoms with van der Waals surface area (Å²) in [4.78, 5) is 15.1. The molecule has 1 heterocycles. The molecule has 148 valence electrons. The van der Waals surface area contributed by atoms with Crippen LogP contribution in [0.3, 0.4) is 0 Å². The van der Waals surface area contributed by atoms with E-state index in [9.17, 15) is 9.18 Å². The number of morpholine rings is 1.